The second-order valence-electron chi connectivity index (χ2n) is 6.93. The van der Waals surface area contributed by atoms with Crippen molar-refractivity contribution in [2.75, 3.05) is 42.5 Å². The van der Waals surface area contributed by atoms with Crippen molar-refractivity contribution < 1.29 is 4.57 Å². The van der Waals surface area contributed by atoms with Crippen LogP contribution in [0.1, 0.15) is 26.7 Å². The molecule has 1 aromatic carbocycles. The van der Waals surface area contributed by atoms with Crippen molar-refractivity contribution in [2.45, 2.75) is 33.2 Å². The number of nitrogens with zero attached hydrogens (tertiary/aromatic N) is 6. The van der Waals surface area contributed by atoms with Crippen LogP contribution in [0.5, 0.6) is 0 Å². The summed E-state index contributed by atoms with van der Waals surface area (Å²) in [6.45, 7) is 10.2. The van der Waals surface area contributed by atoms with Gasteiger partial charge in [-0.2, -0.15) is 0 Å². The number of imidazole rings is 1. The number of nitrogens with two attached hydrogens (primary N) is 1. The van der Waals surface area contributed by atoms with E-state index in [1.165, 1.54) is 11.4 Å². The Bertz CT molecular complexity index is 781. The van der Waals surface area contributed by atoms with Crippen molar-refractivity contribution in [1.82, 2.24) is 4.57 Å². The molecule has 0 bridgehead atoms. The number of hydrogen-bond acceptors (Lipinski definition) is 5. The number of azo groups is 1. The van der Waals surface area contributed by atoms with Crippen LogP contribution in [0, 0.1) is 0 Å². The van der Waals surface area contributed by atoms with Crippen LogP contribution in [-0.4, -0.2) is 37.3 Å². The molecule has 0 atom stereocenters. The third-order valence-electron chi connectivity index (χ3n) is 5.19. The van der Waals surface area contributed by atoms with E-state index in [4.69, 9.17) is 5.73 Å². The molecule has 1 aliphatic heterocycles. The third kappa shape index (κ3) is 4.30. The summed E-state index contributed by atoms with van der Waals surface area (Å²) in [6.07, 6.45) is 6.13. The molecule has 0 amide bonds. The van der Waals surface area contributed by atoms with Crippen LogP contribution in [-0.2, 0) is 13.6 Å². The molecule has 3 rings (SSSR count). The smallest absolute Gasteiger partial charge is 0.368 e. The van der Waals surface area contributed by atoms with Crippen molar-refractivity contribution in [3.8, 4) is 0 Å². The van der Waals surface area contributed by atoms with Gasteiger partial charge in [-0.15, -0.1) is 0 Å². The number of benzene rings is 1. The van der Waals surface area contributed by atoms with E-state index in [0.29, 0.717) is 0 Å². The normalized spacial score (nSPS) is 14.2. The van der Waals surface area contributed by atoms with Gasteiger partial charge in [0.05, 0.1) is 37.4 Å². The van der Waals surface area contributed by atoms with Crippen LogP contribution in [0.25, 0.3) is 0 Å². The van der Waals surface area contributed by atoms with Crippen LogP contribution in [0.15, 0.2) is 40.8 Å². The minimum atomic E-state index is 0.724. The van der Waals surface area contributed by atoms with Gasteiger partial charge in [-0.05, 0) is 51.4 Å². The Morgan fingerprint density at radius 2 is 1.78 bits per heavy atom. The molecule has 2 aromatic rings. The maximum absolute atomic E-state index is 5.60. The van der Waals surface area contributed by atoms with Gasteiger partial charge in [0.1, 0.15) is 5.69 Å². The highest BCUT2D eigenvalue weighted by Gasteiger charge is 2.21. The standard InChI is InChI=1S/C20H32N7/c1-4-25-14-15-26(5-2)19-16-17(8-9-18(19)25)22-23-20-24(3)12-13-27(20)11-7-6-10-21/h8-9,12-13,16H,4-7,10-11,14-15,21H2,1-3H3/q+1. The van der Waals surface area contributed by atoms with Gasteiger partial charge < -0.3 is 15.5 Å². The number of hydrogen-bond donors (Lipinski definition) is 1. The fourth-order valence-corrected chi connectivity index (χ4v) is 3.58. The topological polar surface area (TPSA) is 66.0 Å². The fraction of sp³-hybridized carbons (Fsp3) is 0.550. The van der Waals surface area contributed by atoms with Gasteiger partial charge in [-0.1, -0.05) is 5.11 Å². The van der Waals surface area contributed by atoms with E-state index < -0.39 is 0 Å². The molecular formula is C20H32N7+. The SMILES string of the molecule is CCN1CCN(CC)c2cc(N=Nc3n(CCCCN)cc[n+]3C)ccc21. The van der Waals surface area contributed by atoms with Gasteiger partial charge in [0, 0.05) is 31.3 Å². The summed E-state index contributed by atoms with van der Waals surface area (Å²) >= 11 is 0. The van der Waals surface area contributed by atoms with Gasteiger partial charge in [0.2, 0.25) is 0 Å². The molecular weight excluding hydrogens is 338 g/mol. The van der Waals surface area contributed by atoms with Gasteiger partial charge in [0.15, 0.2) is 0 Å². The minimum Gasteiger partial charge on any atom is -0.368 e. The van der Waals surface area contributed by atoms with Crippen molar-refractivity contribution in [3.05, 3.63) is 30.6 Å². The number of aryl methyl sites for hydroxylation is 2. The largest absolute Gasteiger partial charge is 0.421 e. The predicted octanol–water partition coefficient (Wildman–Crippen LogP) is 3.13. The van der Waals surface area contributed by atoms with E-state index in [1.807, 2.05) is 17.8 Å². The molecule has 0 aliphatic carbocycles. The molecule has 0 saturated heterocycles. The molecule has 7 nitrogen and oxygen atoms in total. The van der Waals surface area contributed by atoms with Gasteiger partial charge >= 0.3 is 5.95 Å². The highest BCUT2D eigenvalue weighted by Crippen LogP contribution is 2.36. The lowest BCUT2D eigenvalue weighted by Gasteiger charge is -2.38. The Morgan fingerprint density at radius 1 is 1.04 bits per heavy atom. The van der Waals surface area contributed by atoms with E-state index in [-0.39, 0.29) is 0 Å². The van der Waals surface area contributed by atoms with E-state index in [0.717, 1.165) is 63.7 Å². The average Bonchev–Trinajstić information content (AvgIpc) is 3.05. The molecule has 0 fully saturated rings. The minimum absolute atomic E-state index is 0.724. The number of rotatable bonds is 8. The summed E-state index contributed by atoms with van der Waals surface area (Å²) in [5.74, 6) is 0.854. The van der Waals surface area contributed by atoms with Gasteiger partial charge in [-0.3, -0.25) is 0 Å². The molecule has 2 N–H and O–H groups in total. The van der Waals surface area contributed by atoms with Crippen molar-refractivity contribution >= 4 is 23.0 Å². The molecule has 0 radical (unpaired) electrons. The van der Waals surface area contributed by atoms with Crippen molar-refractivity contribution in [2.24, 2.45) is 23.0 Å². The molecule has 1 aromatic heterocycles. The van der Waals surface area contributed by atoms with Crippen molar-refractivity contribution in [1.29, 1.82) is 0 Å². The van der Waals surface area contributed by atoms with E-state index in [9.17, 15) is 0 Å². The molecule has 0 unspecified atom stereocenters. The number of likely N-dealkylation sites (N-methyl/N-ethyl adjacent to an activating group) is 2. The summed E-state index contributed by atoms with van der Waals surface area (Å²) in [4.78, 5) is 4.83. The lowest BCUT2D eigenvalue weighted by Crippen LogP contribution is -2.40. The van der Waals surface area contributed by atoms with Gasteiger partial charge in [0.25, 0.3) is 0 Å². The zero-order valence-corrected chi connectivity index (χ0v) is 16.8. The maximum Gasteiger partial charge on any atom is 0.421 e. The number of anilines is 2. The van der Waals surface area contributed by atoms with Gasteiger partial charge in [-0.25, -0.2) is 9.13 Å². The lowest BCUT2D eigenvalue weighted by atomic mass is 10.1. The molecule has 0 spiro atoms. The maximum atomic E-state index is 5.60. The second kappa shape index (κ2) is 8.99. The molecule has 1 aliphatic rings. The zero-order valence-electron chi connectivity index (χ0n) is 16.8. The van der Waals surface area contributed by atoms with Crippen LogP contribution in [0.4, 0.5) is 23.0 Å². The monoisotopic (exact) mass is 370 g/mol. The van der Waals surface area contributed by atoms with E-state index in [1.54, 1.807) is 0 Å². The first kappa shape index (κ1) is 19.4. The molecule has 7 heteroatoms. The quantitative estimate of drug-likeness (QED) is 0.441. The summed E-state index contributed by atoms with van der Waals surface area (Å²) in [5, 5.41) is 9.08. The Balaban J connectivity index is 1.83. The first-order chi connectivity index (χ1) is 13.2. The van der Waals surface area contributed by atoms with Crippen LogP contribution in [0.2, 0.25) is 0 Å². The van der Waals surface area contributed by atoms with E-state index >= 15 is 0 Å². The summed E-state index contributed by atoms with van der Waals surface area (Å²) < 4.78 is 4.14. The Hall–Kier alpha value is -2.41. The molecule has 146 valence electrons. The molecule has 0 saturated carbocycles. The summed E-state index contributed by atoms with van der Waals surface area (Å²) in [7, 11) is 2.00. The zero-order chi connectivity index (χ0) is 19.2. The number of unbranched alkanes of at least 4 members (excludes halogenated alkanes) is 1. The fourth-order valence-electron chi connectivity index (χ4n) is 3.58. The first-order valence-electron chi connectivity index (χ1n) is 9.98. The molecule has 2 heterocycles. The van der Waals surface area contributed by atoms with E-state index in [2.05, 4.69) is 62.8 Å². The Labute approximate surface area is 162 Å². The Morgan fingerprint density at radius 3 is 2.48 bits per heavy atom. The predicted molar refractivity (Wildman–Crippen MR) is 110 cm³/mol. The summed E-state index contributed by atoms with van der Waals surface area (Å²) in [5.41, 5.74) is 9.04. The van der Waals surface area contributed by atoms with Crippen molar-refractivity contribution in [3.63, 3.8) is 0 Å². The molecule has 27 heavy (non-hydrogen) atoms. The third-order valence-corrected chi connectivity index (χ3v) is 5.19. The summed E-state index contributed by atoms with van der Waals surface area (Å²) in [6, 6.07) is 6.40. The first-order valence-corrected chi connectivity index (χ1v) is 9.98. The second-order valence-corrected chi connectivity index (χ2v) is 6.93. The average molecular weight is 371 g/mol. The highest BCUT2D eigenvalue weighted by molar-refractivity contribution is 5.76. The van der Waals surface area contributed by atoms with Crippen LogP contribution < -0.4 is 20.1 Å². The lowest BCUT2D eigenvalue weighted by molar-refractivity contribution is -0.657. The van der Waals surface area contributed by atoms with Crippen LogP contribution >= 0.6 is 0 Å². The van der Waals surface area contributed by atoms with Crippen LogP contribution in [0.3, 0.4) is 0 Å². The number of aromatic nitrogens is 2. The highest BCUT2D eigenvalue weighted by atomic mass is 15.3. The number of fused-ring (bicyclic) bond motifs is 1. The Kier molecular flexibility index (Phi) is 6.45.